The molecule has 1 aromatic carbocycles. The average molecular weight is 436 g/mol. The van der Waals surface area contributed by atoms with Crippen molar-refractivity contribution in [2.45, 2.75) is 71.0 Å². The molecule has 1 saturated carbocycles. The lowest BCUT2D eigenvalue weighted by Gasteiger charge is -2.40. The zero-order chi connectivity index (χ0) is 22.2. The molecule has 0 N–H and O–H groups in total. The largest absolute Gasteiger partial charge is 0.339 e. The third-order valence-corrected chi connectivity index (χ3v) is 7.18. The van der Waals surface area contributed by atoms with Crippen molar-refractivity contribution in [3.63, 3.8) is 0 Å². The molecule has 7 nitrogen and oxygen atoms in total. The molecule has 1 unspecified atom stereocenters. The van der Waals surface area contributed by atoms with Crippen LogP contribution >= 0.6 is 0 Å². The maximum Gasteiger partial charge on any atom is 0.332 e. The van der Waals surface area contributed by atoms with Gasteiger partial charge in [0, 0.05) is 32.7 Å². The minimum atomic E-state index is -0.275. The molecule has 0 radical (unpaired) electrons. The number of aromatic nitrogens is 4. The molecule has 1 atom stereocenters. The summed E-state index contributed by atoms with van der Waals surface area (Å²) in [6.07, 6.45) is 7.75. The van der Waals surface area contributed by atoms with E-state index >= 15 is 0 Å². The topological polar surface area (TPSA) is 65.1 Å². The van der Waals surface area contributed by atoms with E-state index in [0.717, 1.165) is 31.9 Å². The molecule has 170 valence electrons. The Morgan fingerprint density at radius 2 is 1.78 bits per heavy atom. The van der Waals surface area contributed by atoms with Crippen LogP contribution in [0.3, 0.4) is 0 Å². The summed E-state index contributed by atoms with van der Waals surface area (Å²) >= 11 is 0. The molecule has 1 aliphatic heterocycles. The van der Waals surface area contributed by atoms with E-state index in [1.54, 1.807) is 11.6 Å². The highest BCUT2D eigenvalue weighted by Crippen LogP contribution is 2.32. The first-order valence-corrected chi connectivity index (χ1v) is 12.0. The van der Waals surface area contributed by atoms with Gasteiger partial charge in [-0.3, -0.25) is 13.9 Å². The van der Waals surface area contributed by atoms with Crippen LogP contribution in [0.25, 0.3) is 11.2 Å². The van der Waals surface area contributed by atoms with Gasteiger partial charge in [-0.15, -0.1) is 0 Å². The number of benzene rings is 1. The van der Waals surface area contributed by atoms with Crippen LogP contribution in [0.15, 0.2) is 39.9 Å². The highest BCUT2D eigenvalue weighted by atomic mass is 16.2. The number of hydrogen-bond acceptors (Lipinski definition) is 4. The monoisotopic (exact) mass is 435 g/mol. The molecule has 3 aromatic rings. The van der Waals surface area contributed by atoms with Gasteiger partial charge in [0.05, 0.1) is 0 Å². The highest BCUT2D eigenvalue weighted by Gasteiger charge is 2.33. The number of hydrogen-bond donors (Lipinski definition) is 0. The Labute approximate surface area is 188 Å². The van der Waals surface area contributed by atoms with Gasteiger partial charge in [-0.2, -0.15) is 4.98 Å². The normalized spacial score (nSPS) is 19.4. The van der Waals surface area contributed by atoms with Crippen LogP contribution in [-0.4, -0.2) is 31.3 Å². The zero-order valence-electron chi connectivity index (χ0n) is 19.2. The van der Waals surface area contributed by atoms with Crippen LogP contribution in [0, 0.1) is 5.92 Å². The first-order chi connectivity index (χ1) is 15.5. The van der Waals surface area contributed by atoms with Crippen molar-refractivity contribution in [1.82, 2.24) is 18.7 Å². The number of anilines is 1. The molecule has 0 amide bonds. The molecule has 1 fully saturated rings. The van der Waals surface area contributed by atoms with Crippen molar-refractivity contribution in [2.24, 2.45) is 13.0 Å². The van der Waals surface area contributed by atoms with Gasteiger partial charge in [0.25, 0.3) is 5.56 Å². The van der Waals surface area contributed by atoms with Crippen LogP contribution in [0.1, 0.15) is 51.0 Å². The number of fused-ring (bicyclic) bond motifs is 3. The molecule has 2 aromatic heterocycles. The Hall–Kier alpha value is -2.83. The second-order valence-corrected chi connectivity index (χ2v) is 9.63. The van der Waals surface area contributed by atoms with Crippen molar-refractivity contribution in [3.05, 3.63) is 56.7 Å². The summed E-state index contributed by atoms with van der Waals surface area (Å²) in [6, 6.07) is 10.7. The van der Waals surface area contributed by atoms with Gasteiger partial charge in [-0.25, -0.2) is 4.79 Å². The summed E-state index contributed by atoms with van der Waals surface area (Å²) in [6.45, 7) is 4.39. The zero-order valence-corrected chi connectivity index (χ0v) is 19.2. The Morgan fingerprint density at radius 3 is 2.53 bits per heavy atom. The minimum absolute atomic E-state index is 0.201. The predicted molar refractivity (Wildman–Crippen MR) is 127 cm³/mol. The van der Waals surface area contributed by atoms with Gasteiger partial charge >= 0.3 is 5.69 Å². The Morgan fingerprint density at radius 1 is 1.03 bits per heavy atom. The lowest BCUT2D eigenvalue weighted by atomic mass is 9.93. The standard InChI is InChI=1S/C25H33N5O2/c1-18-16-29(20-13-7-4-8-14-20)24-26-22-21(30(24)17-18)23(31)28(25(32)27(22)2)15-9-12-19-10-5-3-6-11-19/h3,5-6,10-11,18,20H,4,7-9,12-17H2,1-2H3. The van der Waals surface area contributed by atoms with Crippen LogP contribution in [0.4, 0.5) is 5.95 Å². The fourth-order valence-electron chi connectivity index (χ4n) is 5.53. The Balaban J connectivity index is 1.53. The van der Waals surface area contributed by atoms with Gasteiger partial charge in [-0.1, -0.05) is 56.5 Å². The summed E-state index contributed by atoms with van der Waals surface area (Å²) in [5.74, 6) is 1.31. The third-order valence-electron chi connectivity index (χ3n) is 7.18. The lowest BCUT2D eigenvalue weighted by Crippen LogP contribution is -2.45. The quantitative estimate of drug-likeness (QED) is 0.617. The maximum atomic E-state index is 13.5. The van der Waals surface area contributed by atoms with Gasteiger partial charge in [0.1, 0.15) is 0 Å². The Bertz CT molecular complexity index is 1220. The predicted octanol–water partition coefficient (Wildman–Crippen LogP) is 3.32. The van der Waals surface area contributed by atoms with Crippen molar-refractivity contribution in [1.29, 1.82) is 0 Å². The summed E-state index contributed by atoms with van der Waals surface area (Å²) < 4.78 is 5.06. The smallest absolute Gasteiger partial charge is 0.332 e. The second kappa shape index (κ2) is 8.60. The number of aryl methyl sites for hydroxylation is 2. The lowest BCUT2D eigenvalue weighted by molar-refractivity contribution is 0.354. The molecule has 2 aliphatic rings. The van der Waals surface area contributed by atoms with E-state index in [9.17, 15) is 9.59 Å². The summed E-state index contributed by atoms with van der Waals surface area (Å²) in [5.41, 5.74) is 1.84. The van der Waals surface area contributed by atoms with Crippen molar-refractivity contribution in [2.75, 3.05) is 11.4 Å². The molecule has 32 heavy (non-hydrogen) atoms. The van der Waals surface area contributed by atoms with Crippen molar-refractivity contribution in [3.8, 4) is 0 Å². The van der Waals surface area contributed by atoms with E-state index in [4.69, 9.17) is 4.98 Å². The van der Waals surface area contributed by atoms with E-state index in [-0.39, 0.29) is 11.2 Å². The number of rotatable bonds is 5. The van der Waals surface area contributed by atoms with Crippen LogP contribution in [-0.2, 0) is 26.6 Å². The minimum Gasteiger partial charge on any atom is -0.339 e. The van der Waals surface area contributed by atoms with E-state index in [2.05, 4.69) is 28.5 Å². The van der Waals surface area contributed by atoms with E-state index in [1.807, 2.05) is 18.2 Å². The van der Waals surface area contributed by atoms with E-state index < -0.39 is 0 Å². The van der Waals surface area contributed by atoms with Crippen LogP contribution in [0.2, 0.25) is 0 Å². The van der Waals surface area contributed by atoms with Crippen LogP contribution < -0.4 is 16.1 Å². The fraction of sp³-hybridized carbons (Fsp3) is 0.560. The molecule has 7 heteroatoms. The summed E-state index contributed by atoms with van der Waals surface area (Å²) in [4.78, 5) is 33.9. The maximum absolute atomic E-state index is 13.5. The van der Waals surface area contributed by atoms with Gasteiger partial charge in [0.15, 0.2) is 11.2 Å². The van der Waals surface area contributed by atoms with Gasteiger partial charge < -0.3 is 9.47 Å². The molecule has 1 aliphatic carbocycles. The summed E-state index contributed by atoms with van der Waals surface area (Å²) in [7, 11) is 1.74. The van der Waals surface area contributed by atoms with E-state index in [0.29, 0.717) is 29.7 Å². The van der Waals surface area contributed by atoms with Crippen LogP contribution in [0.5, 0.6) is 0 Å². The third kappa shape index (κ3) is 3.67. The molecule has 5 rings (SSSR count). The molecular formula is C25H33N5O2. The molecule has 0 saturated heterocycles. The first kappa shape index (κ1) is 21.0. The van der Waals surface area contributed by atoms with E-state index in [1.165, 1.54) is 42.2 Å². The van der Waals surface area contributed by atoms with Gasteiger partial charge in [0.2, 0.25) is 5.95 Å². The molecular weight excluding hydrogens is 402 g/mol. The van der Waals surface area contributed by atoms with Crippen molar-refractivity contribution >= 4 is 17.1 Å². The first-order valence-electron chi connectivity index (χ1n) is 12.0. The number of imidazole rings is 1. The number of nitrogens with zero attached hydrogens (tertiary/aromatic N) is 5. The molecule has 0 bridgehead atoms. The van der Waals surface area contributed by atoms with Crippen molar-refractivity contribution < 1.29 is 0 Å². The average Bonchev–Trinajstić information content (AvgIpc) is 3.20. The molecule has 3 heterocycles. The summed E-state index contributed by atoms with van der Waals surface area (Å²) in [5, 5.41) is 0. The van der Waals surface area contributed by atoms with Gasteiger partial charge in [-0.05, 0) is 37.2 Å². The fourth-order valence-corrected chi connectivity index (χ4v) is 5.53. The Kier molecular flexibility index (Phi) is 5.66. The SMILES string of the molecule is CC1CN(C2CCCCC2)c2nc3c(c(=O)n(CCCc4ccccc4)c(=O)n3C)n2C1. The highest BCUT2D eigenvalue weighted by molar-refractivity contribution is 5.75. The molecule has 0 spiro atoms. The second-order valence-electron chi connectivity index (χ2n) is 9.63.